The zero-order chi connectivity index (χ0) is 13.7. The Labute approximate surface area is 119 Å². The second kappa shape index (κ2) is 6.96. The zero-order valence-electron chi connectivity index (χ0n) is 12.0. The van der Waals surface area contributed by atoms with Crippen LogP contribution < -0.4 is 5.32 Å². The lowest BCUT2D eigenvalue weighted by atomic mass is 10.1. The number of para-hydroxylation sites is 1. The SMILES string of the molecule is CCSCC(Cc1nn(CC)c2ccccc12)NC. The quantitative estimate of drug-likeness (QED) is 0.844. The van der Waals surface area contributed by atoms with Gasteiger partial charge in [-0.05, 0) is 25.8 Å². The van der Waals surface area contributed by atoms with Crippen LogP contribution in [-0.2, 0) is 13.0 Å². The molecule has 2 rings (SSSR count). The molecule has 0 bridgehead atoms. The molecule has 1 unspecified atom stereocenters. The summed E-state index contributed by atoms with van der Waals surface area (Å²) < 4.78 is 2.10. The Kier molecular flexibility index (Phi) is 5.28. The topological polar surface area (TPSA) is 29.9 Å². The van der Waals surface area contributed by atoms with Crippen LogP contribution in [0.3, 0.4) is 0 Å². The maximum absolute atomic E-state index is 4.77. The minimum atomic E-state index is 0.494. The van der Waals surface area contributed by atoms with Gasteiger partial charge >= 0.3 is 0 Å². The lowest BCUT2D eigenvalue weighted by Gasteiger charge is -2.14. The Morgan fingerprint density at radius 1 is 1.32 bits per heavy atom. The van der Waals surface area contributed by atoms with Crippen molar-refractivity contribution in [3.05, 3.63) is 30.0 Å². The number of hydrogen-bond donors (Lipinski definition) is 1. The van der Waals surface area contributed by atoms with E-state index in [2.05, 4.69) is 48.1 Å². The second-order valence-electron chi connectivity index (χ2n) is 4.63. The van der Waals surface area contributed by atoms with E-state index in [0.29, 0.717) is 6.04 Å². The van der Waals surface area contributed by atoms with Gasteiger partial charge in [0.05, 0.1) is 11.2 Å². The summed E-state index contributed by atoms with van der Waals surface area (Å²) in [5.74, 6) is 2.31. The van der Waals surface area contributed by atoms with Crippen molar-refractivity contribution in [2.24, 2.45) is 0 Å². The number of aromatic nitrogens is 2. The monoisotopic (exact) mass is 277 g/mol. The van der Waals surface area contributed by atoms with E-state index in [1.54, 1.807) is 0 Å². The fourth-order valence-corrected chi connectivity index (χ4v) is 3.13. The third-order valence-electron chi connectivity index (χ3n) is 3.41. The van der Waals surface area contributed by atoms with Gasteiger partial charge in [-0.25, -0.2) is 0 Å². The van der Waals surface area contributed by atoms with E-state index in [1.807, 2.05) is 18.8 Å². The molecule has 0 aliphatic carbocycles. The first-order chi connectivity index (χ1) is 9.30. The molecule has 0 saturated heterocycles. The van der Waals surface area contributed by atoms with Crippen LogP contribution in [-0.4, -0.2) is 34.4 Å². The van der Waals surface area contributed by atoms with Crippen LogP contribution in [0.25, 0.3) is 10.9 Å². The zero-order valence-corrected chi connectivity index (χ0v) is 12.8. The summed E-state index contributed by atoms with van der Waals surface area (Å²) in [4.78, 5) is 0. The number of thioether (sulfide) groups is 1. The van der Waals surface area contributed by atoms with Crippen LogP contribution in [0.4, 0.5) is 0 Å². The van der Waals surface area contributed by atoms with E-state index in [0.717, 1.165) is 18.7 Å². The average molecular weight is 277 g/mol. The van der Waals surface area contributed by atoms with Crippen molar-refractivity contribution in [3.63, 3.8) is 0 Å². The first-order valence-corrected chi connectivity index (χ1v) is 8.15. The fourth-order valence-electron chi connectivity index (χ4n) is 2.33. The molecule has 3 nitrogen and oxygen atoms in total. The minimum Gasteiger partial charge on any atom is -0.316 e. The molecule has 0 spiro atoms. The second-order valence-corrected chi connectivity index (χ2v) is 5.95. The van der Waals surface area contributed by atoms with E-state index in [4.69, 9.17) is 5.10 Å². The van der Waals surface area contributed by atoms with Crippen molar-refractivity contribution in [1.29, 1.82) is 0 Å². The molecule has 1 heterocycles. The van der Waals surface area contributed by atoms with Crippen LogP contribution in [0.5, 0.6) is 0 Å². The molecule has 1 aromatic carbocycles. The molecule has 1 N–H and O–H groups in total. The van der Waals surface area contributed by atoms with Crippen LogP contribution in [0, 0.1) is 0 Å². The number of nitrogens with one attached hydrogen (secondary N) is 1. The fraction of sp³-hybridized carbons (Fsp3) is 0.533. The van der Waals surface area contributed by atoms with Crippen molar-refractivity contribution in [2.45, 2.75) is 32.9 Å². The van der Waals surface area contributed by atoms with E-state index in [1.165, 1.54) is 22.3 Å². The van der Waals surface area contributed by atoms with Gasteiger partial charge in [-0.15, -0.1) is 0 Å². The first-order valence-electron chi connectivity index (χ1n) is 6.99. The van der Waals surface area contributed by atoms with Gasteiger partial charge in [-0.1, -0.05) is 25.1 Å². The third-order valence-corrected chi connectivity index (χ3v) is 4.45. The molecule has 0 saturated carbocycles. The minimum absolute atomic E-state index is 0.494. The van der Waals surface area contributed by atoms with Gasteiger partial charge < -0.3 is 5.32 Å². The normalized spacial score (nSPS) is 13.0. The Balaban J connectivity index is 2.24. The van der Waals surface area contributed by atoms with E-state index in [-0.39, 0.29) is 0 Å². The number of rotatable bonds is 7. The predicted octanol–water partition coefficient (Wildman–Crippen LogP) is 2.94. The Morgan fingerprint density at radius 3 is 2.79 bits per heavy atom. The van der Waals surface area contributed by atoms with Gasteiger partial charge in [0.25, 0.3) is 0 Å². The number of nitrogens with zero attached hydrogens (tertiary/aromatic N) is 2. The highest BCUT2D eigenvalue weighted by atomic mass is 32.2. The van der Waals surface area contributed by atoms with Gasteiger partial charge in [0.15, 0.2) is 0 Å². The van der Waals surface area contributed by atoms with E-state index >= 15 is 0 Å². The van der Waals surface area contributed by atoms with Gasteiger partial charge in [0, 0.05) is 30.1 Å². The van der Waals surface area contributed by atoms with Gasteiger partial charge in [0.2, 0.25) is 0 Å². The predicted molar refractivity (Wildman–Crippen MR) is 85.0 cm³/mol. The number of benzene rings is 1. The molecule has 0 amide bonds. The summed E-state index contributed by atoms with van der Waals surface area (Å²) in [6, 6.07) is 9.02. The molecule has 0 aliphatic rings. The van der Waals surface area contributed by atoms with Crippen LogP contribution in [0.2, 0.25) is 0 Å². The summed E-state index contributed by atoms with van der Waals surface area (Å²) in [5.41, 5.74) is 2.46. The summed E-state index contributed by atoms with van der Waals surface area (Å²) in [6.07, 6.45) is 0.997. The summed E-state index contributed by atoms with van der Waals surface area (Å²) in [7, 11) is 2.04. The molecule has 2 aromatic rings. The highest BCUT2D eigenvalue weighted by Crippen LogP contribution is 2.20. The number of hydrogen-bond acceptors (Lipinski definition) is 3. The Morgan fingerprint density at radius 2 is 2.11 bits per heavy atom. The van der Waals surface area contributed by atoms with Crippen molar-refractivity contribution in [1.82, 2.24) is 15.1 Å². The van der Waals surface area contributed by atoms with Crippen molar-refractivity contribution < 1.29 is 0 Å². The number of likely N-dealkylation sites (N-methyl/N-ethyl adjacent to an activating group) is 1. The van der Waals surface area contributed by atoms with E-state index in [9.17, 15) is 0 Å². The molecule has 19 heavy (non-hydrogen) atoms. The van der Waals surface area contributed by atoms with Crippen LogP contribution in [0.15, 0.2) is 24.3 Å². The van der Waals surface area contributed by atoms with Gasteiger partial charge in [0.1, 0.15) is 0 Å². The highest BCUT2D eigenvalue weighted by molar-refractivity contribution is 7.99. The molecule has 1 aromatic heterocycles. The van der Waals surface area contributed by atoms with Gasteiger partial charge in [-0.2, -0.15) is 16.9 Å². The summed E-state index contributed by atoms with van der Waals surface area (Å²) in [5, 5.41) is 9.48. The molecular weight excluding hydrogens is 254 g/mol. The Hall–Kier alpha value is -1.00. The smallest absolute Gasteiger partial charge is 0.0719 e. The maximum atomic E-state index is 4.77. The Bertz CT molecular complexity index is 521. The van der Waals surface area contributed by atoms with Crippen molar-refractivity contribution >= 4 is 22.7 Å². The van der Waals surface area contributed by atoms with Crippen LogP contribution >= 0.6 is 11.8 Å². The molecule has 0 aliphatic heterocycles. The highest BCUT2D eigenvalue weighted by Gasteiger charge is 2.14. The average Bonchev–Trinajstić information content (AvgIpc) is 2.81. The van der Waals surface area contributed by atoms with Crippen molar-refractivity contribution in [3.8, 4) is 0 Å². The number of fused-ring (bicyclic) bond motifs is 1. The molecule has 104 valence electrons. The molecule has 1 atom stereocenters. The largest absolute Gasteiger partial charge is 0.316 e. The number of aryl methyl sites for hydroxylation is 1. The summed E-state index contributed by atoms with van der Waals surface area (Å²) in [6.45, 7) is 5.28. The van der Waals surface area contributed by atoms with E-state index < -0.39 is 0 Å². The lowest BCUT2D eigenvalue weighted by Crippen LogP contribution is -2.30. The van der Waals surface area contributed by atoms with Gasteiger partial charge in [-0.3, -0.25) is 4.68 Å². The molecule has 0 fully saturated rings. The standard InChI is InChI=1S/C15H23N3S/c1-4-18-15-9-7-6-8-13(15)14(17-18)10-12(16-3)11-19-5-2/h6-9,12,16H,4-5,10-11H2,1-3H3. The summed E-state index contributed by atoms with van der Waals surface area (Å²) >= 11 is 1.98. The third kappa shape index (κ3) is 3.31. The van der Waals surface area contributed by atoms with Crippen LogP contribution in [0.1, 0.15) is 19.5 Å². The molecule has 4 heteroatoms. The van der Waals surface area contributed by atoms with Crippen molar-refractivity contribution in [2.75, 3.05) is 18.6 Å². The maximum Gasteiger partial charge on any atom is 0.0719 e. The first kappa shape index (κ1) is 14.4. The molecular formula is C15H23N3S. The molecule has 0 radical (unpaired) electrons. The lowest BCUT2D eigenvalue weighted by molar-refractivity contribution is 0.593.